The van der Waals surface area contributed by atoms with Gasteiger partial charge >= 0.3 is 0 Å². The molecule has 0 aliphatic heterocycles. The van der Waals surface area contributed by atoms with Crippen molar-refractivity contribution in [1.82, 2.24) is 24.7 Å². The second-order valence-electron chi connectivity index (χ2n) is 4.06. The first-order valence-electron chi connectivity index (χ1n) is 5.94. The molecule has 7 nitrogen and oxygen atoms in total. The maximum atomic E-state index is 5.24. The smallest absolute Gasteiger partial charge is 0.254 e. The number of benzene rings is 1. The van der Waals surface area contributed by atoms with E-state index in [1.807, 2.05) is 12.1 Å². The zero-order chi connectivity index (χ0) is 13.9. The number of ether oxygens (including phenoxy) is 2. The summed E-state index contributed by atoms with van der Waals surface area (Å²) in [4.78, 5) is 8.38. The van der Waals surface area contributed by atoms with Gasteiger partial charge in [0, 0.05) is 24.0 Å². The molecule has 20 heavy (non-hydrogen) atoms. The number of nitrogens with one attached hydrogen (secondary N) is 1. The summed E-state index contributed by atoms with van der Waals surface area (Å²) in [5, 5.41) is 7.04. The molecule has 1 aromatic carbocycles. The number of aromatic nitrogens is 5. The molecule has 2 heterocycles. The minimum absolute atomic E-state index is 0.527. The number of imidazole rings is 1. The highest BCUT2D eigenvalue weighted by Crippen LogP contribution is 2.27. The molecule has 0 radical (unpaired) electrons. The molecule has 1 N–H and O–H groups in total. The number of nitrogens with zero attached hydrogens (tertiary/aromatic N) is 4. The zero-order valence-electron chi connectivity index (χ0n) is 11.1. The van der Waals surface area contributed by atoms with Gasteiger partial charge in [0.15, 0.2) is 5.82 Å². The maximum Gasteiger partial charge on any atom is 0.254 e. The van der Waals surface area contributed by atoms with E-state index in [1.165, 1.54) is 0 Å². The van der Waals surface area contributed by atoms with Crippen LogP contribution >= 0.6 is 0 Å². The van der Waals surface area contributed by atoms with Crippen LogP contribution in [0, 0.1) is 0 Å². The molecule has 0 amide bonds. The van der Waals surface area contributed by atoms with Gasteiger partial charge in [-0.2, -0.15) is 4.98 Å². The van der Waals surface area contributed by atoms with Crippen LogP contribution in [0.15, 0.2) is 36.9 Å². The highest BCUT2D eigenvalue weighted by Gasteiger charge is 2.10. The van der Waals surface area contributed by atoms with Crippen LogP contribution in [0.2, 0.25) is 0 Å². The van der Waals surface area contributed by atoms with Gasteiger partial charge in [0.05, 0.1) is 14.2 Å². The number of methoxy groups -OCH3 is 2. The number of hydrogen-bond donors (Lipinski definition) is 1. The molecule has 7 heteroatoms. The monoisotopic (exact) mass is 271 g/mol. The number of hydrogen-bond acceptors (Lipinski definition) is 5. The molecule has 0 saturated carbocycles. The fraction of sp³-hybridized carbons (Fsp3) is 0.154. The van der Waals surface area contributed by atoms with Gasteiger partial charge in [-0.3, -0.25) is 9.67 Å². The van der Waals surface area contributed by atoms with Crippen molar-refractivity contribution in [1.29, 1.82) is 0 Å². The third-order valence-electron chi connectivity index (χ3n) is 2.83. The predicted octanol–water partition coefficient (Wildman–Crippen LogP) is 1.67. The van der Waals surface area contributed by atoms with Crippen LogP contribution < -0.4 is 9.47 Å². The largest absolute Gasteiger partial charge is 0.497 e. The molecular weight excluding hydrogens is 258 g/mol. The van der Waals surface area contributed by atoms with E-state index in [9.17, 15) is 0 Å². The first kappa shape index (κ1) is 12.2. The van der Waals surface area contributed by atoms with E-state index in [1.54, 1.807) is 43.6 Å². The Bertz CT molecular complexity index is 683. The van der Waals surface area contributed by atoms with Crippen LogP contribution in [-0.4, -0.2) is 39.0 Å². The molecule has 0 bridgehead atoms. The fourth-order valence-corrected chi connectivity index (χ4v) is 1.82. The molecular formula is C13H13N5O2. The predicted molar refractivity (Wildman–Crippen MR) is 72.0 cm³/mol. The van der Waals surface area contributed by atoms with Crippen LogP contribution in [0.5, 0.6) is 11.5 Å². The van der Waals surface area contributed by atoms with E-state index >= 15 is 0 Å². The van der Waals surface area contributed by atoms with E-state index in [4.69, 9.17) is 9.47 Å². The lowest BCUT2D eigenvalue weighted by atomic mass is 10.2. The lowest BCUT2D eigenvalue weighted by Crippen LogP contribution is -1.92. The Morgan fingerprint density at radius 2 is 1.85 bits per heavy atom. The van der Waals surface area contributed by atoms with Crippen molar-refractivity contribution in [2.45, 2.75) is 0 Å². The van der Waals surface area contributed by atoms with Crippen molar-refractivity contribution in [3.05, 3.63) is 36.9 Å². The van der Waals surface area contributed by atoms with E-state index in [0.717, 1.165) is 5.56 Å². The summed E-state index contributed by atoms with van der Waals surface area (Å²) in [6.45, 7) is 0. The summed E-state index contributed by atoms with van der Waals surface area (Å²) in [6, 6.07) is 5.53. The van der Waals surface area contributed by atoms with Gasteiger partial charge in [0.1, 0.15) is 17.8 Å². The molecule has 0 fully saturated rings. The molecule has 0 atom stereocenters. The number of H-pyrrole nitrogens is 1. The fourth-order valence-electron chi connectivity index (χ4n) is 1.82. The molecule has 102 valence electrons. The molecule has 0 aliphatic rings. The van der Waals surface area contributed by atoms with Crippen molar-refractivity contribution in [3.8, 4) is 28.8 Å². The van der Waals surface area contributed by atoms with E-state index < -0.39 is 0 Å². The van der Waals surface area contributed by atoms with Crippen LogP contribution in [0.1, 0.15) is 0 Å². The molecule has 2 aromatic heterocycles. The van der Waals surface area contributed by atoms with Crippen molar-refractivity contribution in [2.75, 3.05) is 14.2 Å². The van der Waals surface area contributed by atoms with Gasteiger partial charge in [-0.15, -0.1) is 5.10 Å². The van der Waals surface area contributed by atoms with Gasteiger partial charge in [0.25, 0.3) is 5.95 Å². The maximum absolute atomic E-state index is 5.24. The zero-order valence-corrected chi connectivity index (χ0v) is 11.1. The standard InChI is InChI=1S/C13H13N5O2/c1-19-10-5-9(6-11(7-10)20-2)12-15-13(17-16-12)18-4-3-14-8-18/h3-8H,1-2H3,(H,15,16,17). The molecule has 3 aromatic rings. The number of rotatable bonds is 4. The molecule has 0 saturated heterocycles. The molecule has 0 unspecified atom stereocenters. The van der Waals surface area contributed by atoms with Crippen LogP contribution in [0.4, 0.5) is 0 Å². The second kappa shape index (κ2) is 5.04. The molecule has 0 aliphatic carbocycles. The Morgan fingerprint density at radius 3 is 2.45 bits per heavy atom. The highest BCUT2D eigenvalue weighted by molar-refractivity contribution is 5.61. The van der Waals surface area contributed by atoms with Crippen molar-refractivity contribution < 1.29 is 9.47 Å². The van der Waals surface area contributed by atoms with E-state index in [-0.39, 0.29) is 0 Å². The summed E-state index contributed by atoms with van der Waals surface area (Å²) in [5.41, 5.74) is 0.833. The van der Waals surface area contributed by atoms with Gasteiger partial charge < -0.3 is 9.47 Å². The second-order valence-corrected chi connectivity index (χ2v) is 4.06. The lowest BCUT2D eigenvalue weighted by Gasteiger charge is -2.06. The Kier molecular flexibility index (Phi) is 3.08. The first-order valence-corrected chi connectivity index (χ1v) is 5.94. The minimum Gasteiger partial charge on any atom is -0.497 e. The topological polar surface area (TPSA) is 77.8 Å². The van der Waals surface area contributed by atoms with Crippen molar-refractivity contribution in [3.63, 3.8) is 0 Å². The number of aromatic amines is 1. The molecule has 3 rings (SSSR count). The Hall–Kier alpha value is -2.83. The van der Waals surface area contributed by atoms with Crippen LogP contribution in [0.25, 0.3) is 17.3 Å². The Labute approximate surface area is 115 Å². The summed E-state index contributed by atoms with van der Waals surface area (Å²) >= 11 is 0. The van der Waals surface area contributed by atoms with Gasteiger partial charge in [0.2, 0.25) is 0 Å². The first-order chi connectivity index (χ1) is 9.80. The van der Waals surface area contributed by atoms with Crippen molar-refractivity contribution >= 4 is 0 Å². The summed E-state index contributed by atoms with van der Waals surface area (Å²) < 4.78 is 12.2. The van der Waals surface area contributed by atoms with Crippen LogP contribution in [0.3, 0.4) is 0 Å². The third kappa shape index (κ3) is 2.20. The highest BCUT2D eigenvalue weighted by atomic mass is 16.5. The van der Waals surface area contributed by atoms with Gasteiger partial charge in [-0.05, 0) is 12.1 Å². The lowest BCUT2D eigenvalue weighted by molar-refractivity contribution is 0.394. The minimum atomic E-state index is 0.527. The van der Waals surface area contributed by atoms with Gasteiger partial charge in [-0.1, -0.05) is 0 Å². The van der Waals surface area contributed by atoms with Crippen LogP contribution in [-0.2, 0) is 0 Å². The normalized spacial score (nSPS) is 10.5. The third-order valence-corrected chi connectivity index (χ3v) is 2.83. The molecule has 0 spiro atoms. The summed E-state index contributed by atoms with van der Waals surface area (Å²) in [7, 11) is 3.21. The summed E-state index contributed by atoms with van der Waals surface area (Å²) in [6.07, 6.45) is 5.09. The van der Waals surface area contributed by atoms with E-state index in [0.29, 0.717) is 23.3 Å². The van der Waals surface area contributed by atoms with Gasteiger partial charge in [-0.25, -0.2) is 4.98 Å². The summed E-state index contributed by atoms with van der Waals surface area (Å²) in [5.74, 6) is 2.55. The average Bonchev–Trinajstić information content (AvgIpc) is 3.17. The van der Waals surface area contributed by atoms with E-state index in [2.05, 4.69) is 20.2 Å². The SMILES string of the molecule is COc1cc(OC)cc(-c2nc(-n3ccnc3)n[nH]2)c1. The van der Waals surface area contributed by atoms with Crippen molar-refractivity contribution in [2.24, 2.45) is 0 Å². The quantitative estimate of drug-likeness (QED) is 0.781. The Balaban J connectivity index is 2.00. The Morgan fingerprint density at radius 1 is 1.10 bits per heavy atom. The average molecular weight is 271 g/mol.